The lowest BCUT2D eigenvalue weighted by molar-refractivity contribution is 0.0300. The molecule has 2 saturated heterocycles. The molecule has 0 aliphatic carbocycles. The zero-order valence-electron chi connectivity index (χ0n) is 17.7. The number of amides is 1. The molecule has 8 nitrogen and oxygen atoms in total. The number of aryl methyl sites for hydroxylation is 1. The second-order valence-electron chi connectivity index (χ2n) is 7.95. The number of hydrogen-bond donors (Lipinski definition) is 0. The molecule has 2 aromatic rings. The molecule has 4 rings (SSSR count). The van der Waals surface area contributed by atoms with Crippen molar-refractivity contribution < 1.29 is 17.9 Å². The lowest BCUT2D eigenvalue weighted by atomic mass is 10.0. The van der Waals surface area contributed by atoms with Crippen molar-refractivity contribution in [3.8, 4) is 0 Å². The SMILES string of the molecule is Cc1ncc(C(=O)N2CCOCC2)c([C@H]2CCCN2CCS(=O)(=O)c2ccccc2)n1. The minimum absolute atomic E-state index is 0.0321. The molecule has 0 bridgehead atoms. The quantitative estimate of drug-likeness (QED) is 0.671. The molecule has 0 N–H and O–H groups in total. The summed E-state index contributed by atoms with van der Waals surface area (Å²) in [4.78, 5) is 26.3. The summed E-state index contributed by atoms with van der Waals surface area (Å²) in [5.41, 5.74) is 1.22. The summed E-state index contributed by atoms with van der Waals surface area (Å²) in [6.45, 7) is 5.15. The Morgan fingerprint density at radius 2 is 1.90 bits per heavy atom. The van der Waals surface area contributed by atoms with Crippen molar-refractivity contribution in [2.24, 2.45) is 0 Å². The summed E-state index contributed by atoms with van der Waals surface area (Å²) in [6, 6.07) is 8.44. The van der Waals surface area contributed by atoms with Gasteiger partial charge in [0.2, 0.25) is 0 Å². The van der Waals surface area contributed by atoms with E-state index in [0.29, 0.717) is 54.8 Å². The van der Waals surface area contributed by atoms with Crippen LogP contribution >= 0.6 is 0 Å². The Bertz CT molecular complexity index is 1020. The molecule has 31 heavy (non-hydrogen) atoms. The summed E-state index contributed by atoms with van der Waals surface area (Å²) >= 11 is 0. The first-order valence-electron chi connectivity index (χ1n) is 10.7. The first kappa shape index (κ1) is 21.9. The van der Waals surface area contributed by atoms with Gasteiger partial charge in [0.15, 0.2) is 9.84 Å². The Labute approximate surface area is 183 Å². The van der Waals surface area contributed by atoms with Crippen LogP contribution in [0.2, 0.25) is 0 Å². The molecule has 3 heterocycles. The van der Waals surface area contributed by atoms with E-state index in [1.54, 1.807) is 41.4 Å². The van der Waals surface area contributed by atoms with Crippen molar-refractivity contribution in [3.05, 3.63) is 53.6 Å². The van der Waals surface area contributed by atoms with Crippen LogP contribution in [0.3, 0.4) is 0 Å². The number of nitrogens with zero attached hydrogens (tertiary/aromatic N) is 4. The number of carbonyl (C=O) groups excluding carboxylic acids is 1. The van der Waals surface area contributed by atoms with E-state index in [4.69, 9.17) is 4.74 Å². The van der Waals surface area contributed by atoms with E-state index in [2.05, 4.69) is 14.9 Å². The fourth-order valence-corrected chi connectivity index (χ4v) is 5.51. The van der Waals surface area contributed by atoms with E-state index in [1.807, 2.05) is 6.92 Å². The molecule has 1 atom stereocenters. The third kappa shape index (κ3) is 4.94. The van der Waals surface area contributed by atoms with Crippen molar-refractivity contribution >= 4 is 15.7 Å². The lowest BCUT2D eigenvalue weighted by Gasteiger charge is -2.29. The highest BCUT2D eigenvalue weighted by atomic mass is 32.2. The average molecular weight is 445 g/mol. The topological polar surface area (TPSA) is 92.7 Å². The second-order valence-corrected chi connectivity index (χ2v) is 10.1. The van der Waals surface area contributed by atoms with Crippen molar-refractivity contribution in [2.75, 3.05) is 45.1 Å². The summed E-state index contributed by atoms with van der Waals surface area (Å²) in [5.74, 6) is 0.559. The Kier molecular flexibility index (Phi) is 6.64. The summed E-state index contributed by atoms with van der Waals surface area (Å²) < 4.78 is 30.8. The molecule has 2 fully saturated rings. The maximum Gasteiger partial charge on any atom is 0.257 e. The minimum atomic E-state index is -3.37. The maximum atomic E-state index is 13.2. The van der Waals surface area contributed by atoms with Crippen LogP contribution in [-0.4, -0.2) is 79.2 Å². The number of rotatable bonds is 6. The van der Waals surface area contributed by atoms with Crippen molar-refractivity contribution in [1.29, 1.82) is 0 Å². The molecule has 1 amide bonds. The fourth-order valence-electron chi connectivity index (χ4n) is 4.23. The van der Waals surface area contributed by atoms with Gasteiger partial charge in [-0.15, -0.1) is 0 Å². The van der Waals surface area contributed by atoms with Crippen molar-refractivity contribution in [1.82, 2.24) is 19.8 Å². The monoisotopic (exact) mass is 444 g/mol. The average Bonchev–Trinajstić information content (AvgIpc) is 3.27. The Hall–Kier alpha value is -2.36. The Morgan fingerprint density at radius 1 is 1.16 bits per heavy atom. The number of carbonyl (C=O) groups is 1. The standard InChI is InChI=1S/C22H28N4O4S/c1-17-23-16-19(22(27)26-10-13-30-14-11-26)21(24-17)20-8-5-9-25(20)12-15-31(28,29)18-6-3-2-4-7-18/h2-4,6-7,16,20H,5,8-15H2,1H3/t20-/m1/s1. The zero-order valence-corrected chi connectivity index (χ0v) is 18.6. The highest BCUT2D eigenvalue weighted by Crippen LogP contribution is 2.33. The summed E-state index contributed by atoms with van der Waals surface area (Å²) in [7, 11) is -3.37. The Morgan fingerprint density at radius 3 is 2.65 bits per heavy atom. The van der Waals surface area contributed by atoms with Gasteiger partial charge in [-0.25, -0.2) is 18.4 Å². The largest absolute Gasteiger partial charge is 0.378 e. The lowest BCUT2D eigenvalue weighted by Crippen LogP contribution is -2.41. The molecule has 1 aromatic carbocycles. The first-order valence-corrected chi connectivity index (χ1v) is 12.3. The molecule has 1 aromatic heterocycles. The molecule has 0 unspecified atom stereocenters. The smallest absolute Gasteiger partial charge is 0.257 e. The number of sulfone groups is 1. The third-order valence-corrected chi connectivity index (χ3v) is 7.61. The first-order chi connectivity index (χ1) is 15.0. The molecule has 9 heteroatoms. The molecule has 2 aliphatic heterocycles. The number of likely N-dealkylation sites (tertiary alicyclic amines) is 1. The van der Waals surface area contributed by atoms with Gasteiger partial charge in [0.25, 0.3) is 5.91 Å². The molecule has 0 radical (unpaired) electrons. The van der Waals surface area contributed by atoms with Gasteiger partial charge in [-0.2, -0.15) is 0 Å². The zero-order chi connectivity index (χ0) is 21.8. The predicted octanol–water partition coefficient (Wildman–Crippen LogP) is 1.87. The molecule has 0 spiro atoms. The van der Waals surface area contributed by atoms with E-state index in [0.717, 1.165) is 19.4 Å². The van der Waals surface area contributed by atoms with Gasteiger partial charge in [0.05, 0.1) is 41.2 Å². The van der Waals surface area contributed by atoms with Gasteiger partial charge in [-0.05, 0) is 38.4 Å². The highest BCUT2D eigenvalue weighted by Gasteiger charge is 2.33. The van der Waals surface area contributed by atoms with Gasteiger partial charge in [-0.1, -0.05) is 18.2 Å². The molecule has 2 aliphatic rings. The van der Waals surface area contributed by atoms with Gasteiger partial charge in [-0.3, -0.25) is 9.69 Å². The van der Waals surface area contributed by atoms with Crippen LogP contribution in [0.5, 0.6) is 0 Å². The number of benzene rings is 1. The normalized spacial score (nSPS) is 20.2. The van der Waals surface area contributed by atoms with Crippen molar-refractivity contribution in [2.45, 2.75) is 30.7 Å². The predicted molar refractivity (Wildman–Crippen MR) is 116 cm³/mol. The van der Waals surface area contributed by atoms with Crippen LogP contribution in [-0.2, 0) is 14.6 Å². The second kappa shape index (κ2) is 9.42. The van der Waals surface area contributed by atoms with Crippen LogP contribution in [0, 0.1) is 6.92 Å². The maximum absolute atomic E-state index is 13.2. The number of ether oxygens (including phenoxy) is 1. The molecule has 0 saturated carbocycles. The highest BCUT2D eigenvalue weighted by molar-refractivity contribution is 7.91. The summed E-state index contributed by atoms with van der Waals surface area (Å²) in [5, 5.41) is 0. The van der Waals surface area contributed by atoms with Gasteiger partial charge < -0.3 is 9.64 Å². The molecular weight excluding hydrogens is 416 g/mol. The number of hydrogen-bond acceptors (Lipinski definition) is 7. The molecule has 166 valence electrons. The van der Waals surface area contributed by atoms with E-state index in [-0.39, 0.29) is 17.7 Å². The van der Waals surface area contributed by atoms with Crippen LogP contribution < -0.4 is 0 Å². The van der Waals surface area contributed by atoms with E-state index < -0.39 is 9.84 Å². The van der Waals surface area contributed by atoms with Crippen LogP contribution in [0.15, 0.2) is 41.4 Å². The minimum Gasteiger partial charge on any atom is -0.378 e. The number of aromatic nitrogens is 2. The van der Waals surface area contributed by atoms with Gasteiger partial charge in [0.1, 0.15) is 5.82 Å². The van der Waals surface area contributed by atoms with Crippen LogP contribution in [0.25, 0.3) is 0 Å². The molecular formula is C22H28N4O4S. The van der Waals surface area contributed by atoms with Gasteiger partial charge >= 0.3 is 0 Å². The van der Waals surface area contributed by atoms with E-state index in [9.17, 15) is 13.2 Å². The van der Waals surface area contributed by atoms with Crippen molar-refractivity contribution in [3.63, 3.8) is 0 Å². The Balaban J connectivity index is 1.54. The summed E-state index contributed by atoms with van der Waals surface area (Å²) in [6.07, 6.45) is 3.39. The van der Waals surface area contributed by atoms with Crippen LogP contribution in [0.1, 0.15) is 40.8 Å². The van der Waals surface area contributed by atoms with E-state index >= 15 is 0 Å². The van der Waals surface area contributed by atoms with Crippen LogP contribution in [0.4, 0.5) is 0 Å². The fraction of sp³-hybridized carbons (Fsp3) is 0.500. The van der Waals surface area contributed by atoms with E-state index in [1.165, 1.54) is 0 Å². The van der Waals surface area contributed by atoms with Gasteiger partial charge in [0, 0.05) is 25.8 Å². The third-order valence-electron chi connectivity index (χ3n) is 5.90. The number of morpholine rings is 1.